The minimum Gasteiger partial charge on any atom is -0.286 e. The molecular formula is C13H9O+. The Hall–Kier alpha value is -1.98. The van der Waals surface area contributed by atoms with Crippen molar-refractivity contribution in [2.45, 2.75) is 0 Å². The zero-order valence-corrected chi connectivity index (χ0v) is 7.60. The maximum Gasteiger partial charge on any atom is 0.219 e. The molecule has 1 aliphatic rings. The number of carbonyl (C=O) groups is 1. The number of carbonyl (C=O) groups excluding carboxylic acids is 1. The van der Waals surface area contributed by atoms with Crippen molar-refractivity contribution in [3.8, 4) is 0 Å². The topological polar surface area (TPSA) is 17.1 Å². The SMILES string of the molecule is O=C(C1=CC=[C+]C=C1)c1ccccc1. The normalized spacial score (nSPS) is 13.3. The summed E-state index contributed by atoms with van der Waals surface area (Å²) >= 11 is 0. The molecule has 66 valence electrons. The van der Waals surface area contributed by atoms with Crippen molar-refractivity contribution in [2.75, 3.05) is 0 Å². The molecule has 2 rings (SSSR count). The van der Waals surface area contributed by atoms with Crippen LogP contribution >= 0.6 is 0 Å². The van der Waals surface area contributed by atoms with Gasteiger partial charge in [0, 0.05) is 11.6 Å². The van der Waals surface area contributed by atoms with E-state index in [1.165, 1.54) is 0 Å². The third-order valence-electron chi connectivity index (χ3n) is 2.02. The third kappa shape index (κ3) is 1.68. The van der Waals surface area contributed by atoms with Gasteiger partial charge in [0.05, 0.1) is 12.2 Å². The van der Waals surface area contributed by atoms with Crippen LogP contribution in [0.1, 0.15) is 10.4 Å². The van der Waals surface area contributed by atoms with Gasteiger partial charge in [0.2, 0.25) is 5.78 Å². The Morgan fingerprint density at radius 1 is 1.14 bits per heavy atom. The lowest BCUT2D eigenvalue weighted by Crippen LogP contribution is -2.01. The highest BCUT2D eigenvalue weighted by Gasteiger charge is 2.14. The van der Waals surface area contributed by atoms with Gasteiger partial charge in [-0.25, -0.2) is 0 Å². The van der Waals surface area contributed by atoms with Gasteiger partial charge in [-0.15, -0.1) is 0 Å². The number of benzene rings is 1. The average Bonchev–Trinajstić information content (AvgIpc) is 2.30. The van der Waals surface area contributed by atoms with Crippen LogP contribution in [-0.2, 0) is 0 Å². The van der Waals surface area contributed by atoms with Crippen molar-refractivity contribution in [2.24, 2.45) is 0 Å². The van der Waals surface area contributed by atoms with E-state index in [1.54, 1.807) is 24.3 Å². The Kier molecular flexibility index (Phi) is 2.35. The first-order valence-corrected chi connectivity index (χ1v) is 4.44. The molecule has 0 spiro atoms. The van der Waals surface area contributed by atoms with Crippen LogP contribution in [-0.4, -0.2) is 5.78 Å². The quantitative estimate of drug-likeness (QED) is 0.506. The minimum atomic E-state index is 0.0552. The number of hydrogen-bond acceptors (Lipinski definition) is 1. The number of ketones is 1. The summed E-state index contributed by atoms with van der Waals surface area (Å²) in [5.41, 5.74) is 1.42. The van der Waals surface area contributed by atoms with Gasteiger partial charge in [0.15, 0.2) is 0 Å². The molecule has 0 aromatic heterocycles. The molecule has 1 heteroatoms. The summed E-state index contributed by atoms with van der Waals surface area (Å²) in [4.78, 5) is 11.8. The van der Waals surface area contributed by atoms with Crippen molar-refractivity contribution < 1.29 is 4.79 Å². The molecule has 0 amide bonds. The molecule has 0 atom stereocenters. The van der Waals surface area contributed by atoms with Gasteiger partial charge in [0.1, 0.15) is 17.7 Å². The molecule has 0 heterocycles. The second-order valence-electron chi connectivity index (χ2n) is 2.98. The molecule has 1 aliphatic carbocycles. The van der Waals surface area contributed by atoms with Gasteiger partial charge in [-0.3, -0.25) is 4.79 Å². The minimum absolute atomic E-state index is 0.0552. The molecule has 0 saturated heterocycles. The standard InChI is InChI=1S/C13H9O/c14-13(11-7-3-1-4-8-11)12-9-5-2-6-10-12/h1,3-10H/q+1. The van der Waals surface area contributed by atoms with Crippen LogP contribution in [0, 0.1) is 6.08 Å². The van der Waals surface area contributed by atoms with Crippen molar-refractivity contribution in [3.63, 3.8) is 0 Å². The van der Waals surface area contributed by atoms with E-state index in [9.17, 15) is 4.79 Å². The van der Waals surface area contributed by atoms with E-state index < -0.39 is 0 Å². The van der Waals surface area contributed by atoms with Crippen molar-refractivity contribution in [1.29, 1.82) is 0 Å². The van der Waals surface area contributed by atoms with E-state index in [0.717, 1.165) is 5.56 Å². The van der Waals surface area contributed by atoms with E-state index in [2.05, 4.69) is 6.08 Å². The van der Waals surface area contributed by atoms with E-state index >= 15 is 0 Å². The molecule has 0 fully saturated rings. The summed E-state index contributed by atoms with van der Waals surface area (Å²) in [6.45, 7) is 0. The Balaban J connectivity index is 2.30. The summed E-state index contributed by atoms with van der Waals surface area (Å²) in [6.07, 6.45) is 9.93. The Morgan fingerprint density at radius 2 is 1.93 bits per heavy atom. The highest BCUT2D eigenvalue weighted by Crippen LogP contribution is 2.11. The van der Waals surface area contributed by atoms with E-state index in [-0.39, 0.29) is 5.78 Å². The molecule has 0 N–H and O–H groups in total. The molecule has 0 saturated carbocycles. The van der Waals surface area contributed by atoms with Gasteiger partial charge in [-0.05, 0) is 0 Å². The number of allylic oxidation sites excluding steroid dienone is 6. The first kappa shape index (κ1) is 8.61. The second kappa shape index (κ2) is 3.82. The number of rotatable bonds is 2. The summed E-state index contributed by atoms with van der Waals surface area (Å²) in [7, 11) is 0. The fourth-order valence-corrected chi connectivity index (χ4v) is 1.29. The summed E-state index contributed by atoms with van der Waals surface area (Å²) < 4.78 is 0. The maximum absolute atomic E-state index is 11.8. The van der Waals surface area contributed by atoms with Gasteiger partial charge < -0.3 is 0 Å². The smallest absolute Gasteiger partial charge is 0.219 e. The van der Waals surface area contributed by atoms with E-state index in [1.807, 2.05) is 30.3 Å². The van der Waals surface area contributed by atoms with Gasteiger partial charge in [-0.2, -0.15) is 0 Å². The van der Waals surface area contributed by atoms with Crippen molar-refractivity contribution in [3.05, 3.63) is 71.8 Å². The molecule has 0 unspecified atom stereocenters. The van der Waals surface area contributed by atoms with Crippen molar-refractivity contribution >= 4 is 5.78 Å². The van der Waals surface area contributed by atoms with Crippen LogP contribution in [0.15, 0.2) is 60.2 Å². The largest absolute Gasteiger partial charge is 0.286 e. The fraction of sp³-hybridized carbons (Fsp3) is 0. The van der Waals surface area contributed by atoms with Crippen LogP contribution in [0.5, 0.6) is 0 Å². The lowest BCUT2D eigenvalue weighted by Gasteiger charge is -1.97. The van der Waals surface area contributed by atoms with E-state index in [0.29, 0.717) is 5.57 Å². The second-order valence-corrected chi connectivity index (χ2v) is 2.98. The zero-order valence-electron chi connectivity index (χ0n) is 7.60. The average molecular weight is 181 g/mol. The van der Waals surface area contributed by atoms with Crippen LogP contribution in [0.2, 0.25) is 0 Å². The fourth-order valence-electron chi connectivity index (χ4n) is 1.29. The van der Waals surface area contributed by atoms with Gasteiger partial charge in [-0.1, -0.05) is 30.3 Å². The lowest BCUT2D eigenvalue weighted by molar-refractivity contribution is 0.103. The zero-order chi connectivity index (χ0) is 9.80. The molecule has 1 aromatic rings. The van der Waals surface area contributed by atoms with Crippen LogP contribution < -0.4 is 0 Å². The first-order valence-electron chi connectivity index (χ1n) is 4.44. The Morgan fingerprint density at radius 3 is 2.57 bits per heavy atom. The molecule has 0 aliphatic heterocycles. The predicted molar refractivity (Wildman–Crippen MR) is 55.8 cm³/mol. The molecule has 0 radical (unpaired) electrons. The van der Waals surface area contributed by atoms with E-state index in [4.69, 9.17) is 0 Å². The Bertz CT molecular complexity index is 422. The molecule has 1 nitrogen and oxygen atoms in total. The summed E-state index contributed by atoms with van der Waals surface area (Å²) in [5, 5.41) is 0. The summed E-state index contributed by atoms with van der Waals surface area (Å²) in [5.74, 6) is 0.0552. The van der Waals surface area contributed by atoms with Crippen LogP contribution in [0.3, 0.4) is 0 Å². The highest BCUT2D eigenvalue weighted by molar-refractivity contribution is 6.10. The Labute approximate surface area is 83.1 Å². The summed E-state index contributed by atoms with van der Waals surface area (Å²) in [6, 6.07) is 9.26. The van der Waals surface area contributed by atoms with Crippen LogP contribution in [0.25, 0.3) is 0 Å². The number of Topliss-reactive ketones (excluding diaryl/α,β-unsaturated/α-hetero) is 1. The first-order chi connectivity index (χ1) is 6.88. The molecule has 1 aromatic carbocycles. The maximum atomic E-state index is 11.8. The van der Waals surface area contributed by atoms with Gasteiger partial charge in [0.25, 0.3) is 0 Å². The molecule has 14 heavy (non-hydrogen) atoms. The lowest BCUT2D eigenvalue weighted by atomic mass is 10.0. The monoisotopic (exact) mass is 181 g/mol. The molecule has 0 bridgehead atoms. The number of hydrogen-bond donors (Lipinski definition) is 0. The van der Waals surface area contributed by atoms with Crippen LogP contribution in [0.4, 0.5) is 0 Å². The highest BCUT2D eigenvalue weighted by atomic mass is 16.1. The van der Waals surface area contributed by atoms with Crippen molar-refractivity contribution in [1.82, 2.24) is 0 Å². The predicted octanol–water partition coefficient (Wildman–Crippen LogP) is 2.72. The third-order valence-corrected chi connectivity index (χ3v) is 2.02. The molecular weight excluding hydrogens is 172 g/mol. The van der Waals surface area contributed by atoms with Gasteiger partial charge >= 0.3 is 0 Å².